The Morgan fingerprint density at radius 2 is 1.67 bits per heavy atom. The number of ketones is 1. The third kappa shape index (κ3) is 8.02. The van der Waals surface area contributed by atoms with Gasteiger partial charge in [-0.3, -0.25) is 19.2 Å². The predicted octanol–water partition coefficient (Wildman–Crippen LogP) is 1.65. The third-order valence-electron chi connectivity index (χ3n) is 7.99. The van der Waals surface area contributed by atoms with Crippen molar-refractivity contribution in [1.29, 1.82) is 0 Å². The van der Waals surface area contributed by atoms with E-state index in [0.29, 0.717) is 24.7 Å². The van der Waals surface area contributed by atoms with Crippen LogP contribution in [0.1, 0.15) is 65.4 Å². The van der Waals surface area contributed by atoms with Gasteiger partial charge in [0, 0.05) is 12.3 Å². The Kier molecular flexibility index (Phi) is 9.77. The molecule has 1 aliphatic carbocycles. The van der Waals surface area contributed by atoms with Crippen molar-refractivity contribution in [3.63, 3.8) is 0 Å². The van der Waals surface area contributed by atoms with Crippen LogP contribution in [0.3, 0.4) is 0 Å². The molecule has 0 radical (unpaired) electrons. The van der Waals surface area contributed by atoms with Crippen LogP contribution in [-0.4, -0.2) is 65.6 Å². The van der Waals surface area contributed by atoms with Gasteiger partial charge >= 0.3 is 0 Å². The average Bonchev–Trinajstić information content (AvgIpc) is 3.40. The molecule has 0 aromatic heterocycles. The van der Waals surface area contributed by atoms with Crippen LogP contribution in [-0.2, 0) is 30.3 Å². The van der Waals surface area contributed by atoms with Crippen molar-refractivity contribution in [2.24, 2.45) is 23.5 Å². The fourth-order valence-corrected chi connectivity index (χ4v) is 5.57. The highest BCUT2D eigenvalue weighted by Crippen LogP contribution is 2.33. The van der Waals surface area contributed by atoms with Gasteiger partial charge in [0.15, 0.2) is 5.78 Å². The van der Waals surface area contributed by atoms with Crippen molar-refractivity contribution in [3.8, 4) is 5.75 Å². The second kappa shape index (κ2) is 12.5. The van der Waals surface area contributed by atoms with Crippen molar-refractivity contribution < 1.29 is 33.8 Å². The summed E-state index contributed by atoms with van der Waals surface area (Å²) in [6.45, 7) is 6.35. The van der Waals surface area contributed by atoms with Crippen LogP contribution in [0.5, 0.6) is 5.75 Å². The second-order valence-electron chi connectivity index (χ2n) is 11.8. The Bertz CT molecular complexity index is 1040. The summed E-state index contributed by atoms with van der Waals surface area (Å²) in [5.74, 6) is -3.31. The summed E-state index contributed by atoms with van der Waals surface area (Å²) >= 11 is 0. The van der Waals surface area contributed by atoms with Crippen LogP contribution in [0.4, 0.5) is 0 Å². The molecule has 0 bridgehead atoms. The van der Waals surface area contributed by atoms with Gasteiger partial charge in [0.1, 0.15) is 17.4 Å². The number of carbonyl (C=O) groups is 4. The van der Waals surface area contributed by atoms with Crippen LogP contribution < -0.4 is 21.1 Å². The van der Waals surface area contributed by atoms with E-state index in [9.17, 15) is 24.3 Å². The number of benzene rings is 1. The number of nitrogens with one attached hydrogen (secondary N) is 2. The van der Waals surface area contributed by atoms with Crippen molar-refractivity contribution in [3.05, 3.63) is 29.8 Å². The molecule has 1 saturated heterocycles. The van der Waals surface area contributed by atoms with Crippen molar-refractivity contribution in [1.82, 2.24) is 10.6 Å². The number of methoxy groups -OCH3 is 1. The van der Waals surface area contributed by atoms with Gasteiger partial charge in [-0.2, -0.15) is 0 Å². The lowest BCUT2D eigenvalue weighted by Gasteiger charge is -2.32. The molecule has 1 aromatic carbocycles. The number of aliphatic hydroxyl groups is 1. The number of hydrogen-bond donors (Lipinski definition) is 4. The summed E-state index contributed by atoms with van der Waals surface area (Å²) in [5, 5.41) is 16.1. The van der Waals surface area contributed by atoms with Crippen LogP contribution in [0.2, 0.25) is 0 Å². The molecule has 216 valence electrons. The van der Waals surface area contributed by atoms with Gasteiger partial charge < -0.3 is 30.9 Å². The quantitative estimate of drug-likeness (QED) is 0.259. The number of Topliss-reactive ketones (excluding diaryl/α,β-unsaturated/α-hetero) is 1. The largest absolute Gasteiger partial charge is 0.497 e. The molecule has 10 nitrogen and oxygen atoms in total. The minimum absolute atomic E-state index is 0.135. The molecule has 1 unspecified atom stereocenters. The monoisotopic (exact) mass is 545 g/mol. The number of epoxide rings is 1. The second-order valence-corrected chi connectivity index (χ2v) is 11.8. The zero-order chi connectivity index (χ0) is 29.0. The van der Waals surface area contributed by atoms with Crippen LogP contribution >= 0.6 is 0 Å². The van der Waals surface area contributed by atoms with Crippen LogP contribution in [0.25, 0.3) is 0 Å². The van der Waals surface area contributed by atoms with Gasteiger partial charge in [0.2, 0.25) is 17.7 Å². The summed E-state index contributed by atoms with van der Waals surface area (Å²) in [7, 11) is 1.55. The molecular formula is C29H43N3O7. The summed E-state index contributed by atoms with van der Waals surface area (Å²) in [4.78, 5) is 52.3. The number of hydrogen-bond acceptors (Lipinski definition) is 7. The molecule has 1 heterocycles. The van der Waals surface area contributed by atoms with Crippen molar-refractivity contribution in [2.75, 3.05) is 13.7 Å². The zero-order valence-electron chi connectivity index (χ0n) is 23.6. The summed E-state index contributed by atoms with van der Waals surface area (Å²) in [5.41, 5.74) is 3.82. The van der Waals surface area contributed by atoms with Crippen molar-refractivity contribution in [2.45, 2.75) is 89.5 Å². The molecule has 2 fully saturated rings. The predicted molar refractivity (Wildman–Crippen MR) is 145 cm³/mol. The Labute approximate surface area is 230 Å². The number of amides is 3. The summed E-state index contributed by atoms with van der Waals surface area (Å²) in [6, 6.07) is 5.30. The smallest absolute Gasteiger partial charge is 0.243 e. The molecule has 10 heteroatoms. The lowest BCUT2D eigenvalue weighted by Crippen LogP contribution is -2.56. The van der Waals surface area contributed by atoms with E-state index in [1.807, 2.05) is 0 Å². The molecular weight excluding hydrogens is 502 g/mol. The van der Waals surface area contributed by atoms with Gasteiger partial charge in [-0.1, -0.05) is 44.7 Å². The highest BCUT2D eigenvalue weighted by molar-refractivity contribution is 5.98. The van der Waals surface area contributed by atoms with Crippen molar-refractivity contribution >= 4 is 23.5 Å². The first kappa shape index (κ1) is 30.6. The molecule has 39 heavy (non-hydrogen) atoms. The Hall–Kier alpha value is -2.98. The molecule has 5 N–H and O–H groups in total. The number of rotatable bonds is 14. The van der Waals surface area contributed by atoms with Gasteiger partial charge in [0.25, 0.3) is 0 Å². The van der Waals surface area contributed by atoms with Gasteiger partial charge in [0.05, 0.1) is 31.3 Å². The minimum atomic E-state index is -1.55. The molecule has 3 rings (SSSR count). The molecule has 3 amide bonds. The van der Waals surface area contributed by atoms with Gasteiger partial charge in [-0.15, -0.1) is 0 Å². The molecule has 2 aliphatic rings. The number of carbonyl (C=O) groups excluding carboxylic acids is 4. The van der Waals surface area contributed by atoms with E-state index < -0.39 is 52.8 Å². The van der Waals surface area contributed by atoms with Crippen LogP contribution in [0.15, 0.2) is 24.3 Å². The topological polar surface area (TPSA) is 160 Å². The molecule has 1 saturated carbocycles. The van der Waals surface area contributed by atoms with Gasteiger partial charge in [-0.05, 0) is 50.8 Å². The van der Waals surface area contributed by atoms with E-state index in [-0.39, 0.29) is 12.2 Å². The van der Waals surface area contributed by atoms with E-state index in [4.69, 9.17) is 15.2 Å². The summed E-state index contributed by atoms with van der Waals surface area (Å²) < 4.78 is 10.6. The summed E-state index contributed by atoms with van der Waals surface area (Å²) in [6.07, 6.45) is 4.87. The highest BCUT2D eigenvalue weighted by Gasteiger charge is 2.50. The molecule has 0 spiro atoms. The average molecular weight is 546 g/mol. The van der Waals surface area contributed by atoms with E-state index >= 15 is 0 Å². The normalized spacial score (nSPS) is 22.3. The highest BCUT2D eigenvalue weighted by atomic mass is 16.6. The molecule has 1 aliphatic heterocycles. The number of primary amides is 1. The van der Waals surface area contributed by atoms with E-state index in [2.05, 4.69) is 10.6 Å². The lowest BCUT2D eigenvalue weighted by atomic mass is 9.80. The first-order valence-electron chi connectivity index (χ1n) is 13.7. The number of nitrogens with two attached hydrogens (primary N) is 1. The molecule has 1 aromatic rings. The maximum atomic E-state index is 13.7. The lowest BCUT2D eigenvalue weighted by molar-refractivity contribution is -0.142. The standard InChI is InChI=1S/C29H43N3O7/c1-17(23(25(30)34)28(2,3)37)26(35)32-22(15-19-10-12-20(38-5)13-11-19)27(36)31-21(14-18-8-6-7-9-18)24(33)29(4)16-39-29/h10-13,17-18,21-23,37H,6-9,14-16H2,1-5H3,(H2,30,34)(H,31,36)(H,32,35)/t17-,21-,22-,23?,29+/m0/s1. The van der Waals surface area contributed by atoms with Crippen LogP contribution in [0, 0.1) is 17.8 Å². The van der Waals surface area contributed by atoms with E-state index in [0.717, 1.165) is 31.2 Å². The SMILES string of the molecule is COc1ccc(C[C@H](NC(=O)[C@@H](C)C(C(N)=O)C(C)(C)O)C(=O)N[C@@H](CC2CCCC2)C(=O)[C@@]2(C)CO2)cc1. The van der Waals surface area contributed by atoms with Gasteiger partial charge in [-0.25, -0.2) is 0 Å². The molecule has 5 atom stereocenters. The Morgan fingerprint density at radius 3 is 2.15 bits per heavy atom. The third-order valence-corrected chi connectivity index (χ3v) is 7.99. The number of ether oxygens (including phenoxy) is 2. The fourth-order valence-electron chi connectivity index (χ4n) is 5.57. The maximum absolute atomic E-state index is 13.7. The fraction of sp³-hybridized carbons (Fsp3) is 0.655. The first-order chi connectivity index (χ1) is 18.2. The van der Waals surface area contributed by atoms with E-state index in [1.54, 1.807) is 38.3 Å². The Morgan fingerprint density at radius 1 is 1.10 bits per heavy atom. The minimum Gasteiger partial charge on any atom is -0.497 e. The first-order valence-corrected chi connectivity index (χ1v) is 13.7. The maximum Gasteiger partial charge on any atom is 0.243 e. The Balaban J connectivity index is 1.83. The zero-order valence-corrected chi connectivity index (χ0v) is 23.6. The van der Waals surface area contributed by atoms with E-state index in [1.165, 1.54) is 20.8 Å².